The highest BCUT2D eigenvalue weighted by atomic mass is 15.3. The molecule has 12 heavy (non-hydrogen) atoms. The van der Waals surface area contributed by atoms with Crippen LogP contribution >= 0.6 is 0 Å². The van der Waals surface area contributed by atoms with Gasteiger partial charge in [-0.15, -0.1) is 0 Å². The summed E-state index contributed by atoms with van der Waals surface area (Å²) in [6.45, 7) is 6.42. The Hall–Kier alpha value is -0.0400. The first-order chi connectivity index (χ1) is 5.66. The summed E-state index contributed by atoms with van der Waals surface area (Å²) in [5.74, 6) is 0. The molecule has 3 atom stereocenters. The molecule has 3 rings (SSSR count). The van der Waals surface area contributed by atoms with Gasteiger partial charge in [0.25, 0.3) is 0 Å². The van der Waals surface area contributed by atoms with Crippen molar-refractivity contribution in [1.29, 1.82) is 0 Å². The van der Waals surface area contributed by atoms with Gasteiger partial charge in [-0.2, -0.15) is 0 Å². The van der Waals surface area contributed by atoms with Gasteiger partial charge in [-0.25, -0.2) is 0 Å². The highest BCUT2D eigenvalue weighted by Gasteiger charge is 2.62. The van der Waals surface area contributed by atoms with Crippen molar-refractivity contribution < 1.29 is 0 Å². The third kappa shape index (κ3) is 0.585. The zero-order chi connectivity index (χ0) is 8.40. The lowest BCUT2D eigenvalue weighted by Crippen LogP contribution is -2.50. The first kappa shape index (κ1) is 7.37. The average Bonchev–Trinajstić information content (AvgIpc) is 2.58. The zero-order valence-electron chi connectivity index (χ0n) is 8.27. The van der Waals surface area contributed by atoms with E-state index in [1.165, 1.54) is 38.6 Å². The monoisotopic (exact) mass is 165 g/mol. The Labute approximate surface area is 75.1 Å². The minimum absolute atomic E-state index is 0.593. The van der Waals surface area contributed by atoms with E-state index in [1.807, 2.05) is 0 Å². The summed E-state index contributed by atoms with van der Waals surface area (Å²) in [7, 11) is 0. The van der Waals surface area contributed by atoms with Crippen molar-refractivity contribution in [2.24, 2.45) is 5.41 Å². The fraction of sp³-hybridized carbons (Fsp3) is 1.00. The van der Waals surface area contributed by atoms with Gasteiger partial charge in [0, 0.05) is 11.6 Å². The molecular formula is C11H19N. The molecule has 68 valence electrons. The number of nitrogens with zero attached hydrogens (tertiary/aromatic N) is 1. The fourth-order valence-corrected chi connectivity index (χ4v) is 4.18. The van der Waals surface area contributed by atoms with Gasteiger partial charge in [0.2, 0.25) is 0 Å². The lowest BCUT2D eigenvalue weighted by Gasteiger charge is -2.45. The second-order valence-electron chi connectivity index (χ2n) is 5.53. The molecule has 1 heteroatoms. The number of fused-ring (bicyclic) bond motifs is 5. The van der Waals surface area contributed by atoms with Crippen molar-refractivity contribution in [3.05, 3.63) is 0 Å². The minimum Gasteiger partial charge on any atom is -0.294 e. The summed E-state index contributed by atoms with van der Waals surface area (Å²) in [6.07, 6.45) is 7.36. The van der Waals surface area contributed by atoms with Crippen LogP contribution in [0.2, 0.25) is 0 Å². The summed E-state index contributed by atoms with van der Waals surface area (Å²) in [6, 6.07) is 0.961. The molecule has 0 aromatic rings. The Morgan fingerprint density at radius 2 is 2.08 bits per heavy atom. The van der Waals surface area contributed by atoms with E-state index in [9.17, 15) is 0 Å². The third-order valence-electron chi connectivity index (χ3n) is 5.15. The van der Waals surface area contributed by atoms with Gasteiger partial charge in [-0.3, -0.25) is 4.90 Å². The maximum atomic E-state index is 2.82. The van der Waals surface area contributed by atoms with E-state index in [-0.39, 0.29) is 0 Å². The molecule has 2 bridgehead atoms. The highest BCUT2D eigenvalue weighted by Crippen LogP contribution is 2.61. The maximum Gasteiger partial charge on any atom is 0.0238 e. The fourth-order valence-electron chi connectivity index (χ4n) is 4.18. The van der Waals surface area contributed by atoms with E-state index in [4.69, 9.17) is 0 Å². The summed E-state index contributed by atoms with van der Waals surface area (Å²) in [4.78, 5) is 2.82. The standard InChI is InChI=1S/C11H19N/c1-10-6-4-9(8-10)12-7-3-5-11(10,12)2/h9H,3-8H2,1-2H3. The van der Waals surface area contributed by atoms with Crippen molar-refractivity contribution in [3.63, 3.8) is 0 Å². The van der Waals surface area contributed by atoms with Gasteiger partial charge in [0.05, 0.1) is 0 Å². The Balaban J connectivity index is 2.06. The van der Waals surface area contributed by atoms with Crippen molar-refractivity contribution in [2.45, 2.75) is 57.5 Å². The van der Waals surface area contributed by atoms with Crippen LogP contribution in [0.4, 0.5) is 0 Å². The number of piperidine rings is 1. The molecule has 1 aliphatic carbocycles. The van der Waals surface area contributed by atoms with Gasteiger partial charge < -0.3 is 0 Å². The lowest BCUT2D eigenvalue weighted by atomic mass is 9.71. The zero-order valence-corrected chi connectivity index (χ0v) is 8.27. The van der Waals surface area contributed by atoms with Crippen LogP contribution in [0.1, 0.15) is 46.0 Å². The van der Waals surface area contributed by atoms with E-state index >= 15 is 0 Å². The molecule has 0 amide bonds. The SMILES string of the molecule is CC12CCC(C1)N1CCCC12C. The summed E-state index contributed by atoms with van der Waals surface area (Å²) < 4.78 is 0. The van der Waals surface area contributed by atoms with Crippen molar-refractivity contribution in [2.75, 3.05) is 6.54 Å². The lowest BCUT2D eigenvalue weighted by molar-refractivity contribution is 0.0469. The van der Waals surface area contributed by atoms with Crippen LogP contribution in [0, 0.1) is 5.41 Å². The molecular weight excluding hydrogens is 146 g/mol. The molecule has 0 spiro atoms. The molecule has 3 unspecified atom stereocenters. The first-order valence-corrected chi connectivity index (χ1v) is 5.43. The normalized spacial score (nSPS) is 58.0. The maximum absolute atomic E-state index is 2.82. The van der Waals surface area contributed by atoms with Gasteiger partial charge in [0.1, 0.15) is 0 Å². The average molecular weight is 165 g/mol. The van der Waals surface area contributed by atoms with E-state index < -0.39 is 0 Å². The first-order valence-electron chi connectivity index (χ1n) is 5.43. The molecule has 3 fully saturated rings. The molecule has 2 saturated heterocycles. The van der Waals surface area contributed by atoms with Crippen LogP contribution in [0.5, 0.6) is 0 Å². The third-order valence-corrected chi connectivity index (χ3v) is 5.15. The molecule has 0 radical (unpaired) electrons. The second-order valence-corrected chi connectivity index (χ2v) is 5.53. The Morgan fingerprint density at radius 1 is 1.25 bits per heavy atom. The highest BCUT2D eigenvalue weighted by molar-refractivity contribution is 5.16. The van der Waals surface area contributed by atoms with E-state index in [2.05, 4.69) is 18.7 Å². The predicted molar refractivity (Wildman–Crippen MR) is 50.1 cm³/mol. The number of hydrogen-bond donors (Lipinski definition) is 0. The van der Waals surface area contributed by atoms with Crippen LogP contribution in [-0.4, -0.2) is 23.0 Å². The molecule has 2 heterocycles. The van der Waals surface area contributed by atoms with Crippen molar-refractivity contribution >= 4 is 0 Å². The summed E-state index contributed by atoms with van der Waals surface area (Å²) >= 11 is 0. The van der Waals surface area contributed by atoms with Crippen molar-refractivity contribution in [3.8, 4) is 0 Å². The van der Waals surface area contributed by atoms with Gasteiger partial charge >= 0.3 is 0 Å². The summed E-state index contributed by atoms with van der Waals surface area (Å²) in [5, 5.41) is 0. The molecule has 0 aromatic carbocycles. The molecule has 1 nitrogen and oxygen atoms in total. The van der Waals surface area contributed by atoms with Crippen LogP contribution in [0.25, 0.3) is 0 Å². The van der Waals surface area contributed by atoms with E-state index in [1.54, 1.807) is 0 Å². The predicted octanol–water partition coefficient (Wildman–Crippen LogP) is 2.41. The number of rotatable bonds is 0. The van der Waals surface area contributed by atoms with Crippen molar-refractivity contribution in [1.82, 2.24) is 4.90 Å². The second kappa shape index (κ2) is 1.89. The Kier molecular flexibility index (Phi) is 1.16. The topological polar surface area (TPSA) is 3.24 Å². The van der Waals surface area contributed by atoms with Crippen LogP contribution < -0.4 is 0 Å². The Morgan fingerprint density at radius 3 is 2.83 bits per heavy atom. The molecule has 0 aromatic heterocycles. The minimum atomic E-state index is 0.593. The van der Waals surface area contributed by atoms with Gasteiger partial charge in [-0.1, -0.05) is 6.92 Å². The van der Waals surface area contributed by atoms with Crippen LogP contribution in [0.15, 0.2) is 0 Å². The molecule has 1 saturated carbocycles. The largest absolute Gasteiger partial charge is 0.294 e. The van der Waals surface area contributed by atoms with Gasteiger partial charge in [-0.05, 0) is 51.0 Å². The molecule has 0 N–H and O–H groups in total. The van der Waals surface area contributed by atoms with E-state index in [0.717, 1.165) is 6.04 Å². The van der Waals surface area contributed by atoms with Crippen LogP contribution in [-0.2, 0) is 0 Å². The molecule has 3 aliphatic rings. The smallest absolute Gasteiger partial charge is 0.0238 e. The van der Waals surface area contributed by atoms with E-state index in [0.29, 0.717) is 11.0 Å². The summed E-state index contributed by atoms with van der Waals surface area (Å²) in [5.41, 5.74) is 1.27. The Bertz CT molecular complexity index is 225. The molecule has 2 aliphatic heterocycles. The quantitative estimate of drug-likeness (QED) is 0.533. The number of hydrogen-bond acceptors (Lipinski definition) is 1. The van der Waals surface area contributed by atoms with Gasteiger partial charge in [0.15, 0.2) is 0 Å². The van der Waals surface area contributed by atoms with Crippen LogP contribution in [0.3, 0.4) is 0 Å².